The molecule has 1 aliphatic heterocycles. The fourth-order valence-electron chi connectivity index (χ4n) is 4.03. The third-order valence-corrected chi connectivity index (χ3v) is 5.84. The Morgan fingerprint density at radius 3 is 2.67 bits per heavy atom. The van der Waals surface area contributed by atoms with Crippen molar-refractivity contribution in [3.05, 3.63) is 63.5 Å². The first-order chi connectivity index (χ1) is 11.7. The number of anilines is 1. The second-order valence-corrected chi connectivity index (χ2v) is 7.54. The highest BCUT2D eigenvalue weighted by Crippen LogP contribution is 2.42. The number of H-pyrrole nitrogens is 1. The Labute approximate surface area is 147 Å². The summed E-state index contributed by atoms with van der Waals surface area (Å²) in [5, 5.41) is 0.330. The first-order valence-corrected chi connectivity index (χ1v) is 9.29. The van der Waals surface area contributed by atoms with E-state index in [1.54, 1.807) is 6.20 Å². The Balaban J connectivity index is 1.60. The van der Waals surface area contributed by atoms with Crippen molar-refractivity contribution in [3.63, 3.8) is 0 Å². The summed E-state index contributed by atoms with van der Waals surface area (Å²) in [7, 11) is 0. The van der Waals surface area contributed by atoms with E-state index in [1.807, 2.05) is 6.07 Å². The van der Waals surface area contributed by atoms with E-state index < -0.39 is 0 Å². The molecule has 2 unspecified atom stereocenters. The molecule has 3 nitrogen and oxygen atoms in total. The van der Waals surface area contributed by atoms with Crippen LogP contribution in [0.4, 0.5) is 5.69 Å². The highest BCUT2D eigenvalue weighted by Gasteiger charge is 2.35. The van der Waals surface area contributed by atoms with Crippen molar-refractivity contribution < 1.29 is 0 Å². The van der Waals surface area contributed by atoms with Crippen LogP contribution in [-0.4, -0.2) is 17.6 Å². The van der Waals surface area contributed by atoms with E-state index >= 15 is 0 Å². The normalized spacial score (nSPS) is 24.1. The van der Waals surface area contributed by atoms with E-state index in [0.29, 0.717) is 17.0 Å². The monoisotopic (exact) mass is 342 g/mol. The van der Waals surface area contributed by atoms with Crippen molar-refractivity contribution in [1.29, 1.82) is 0 Å². The lowest BCUT2D eigenvalue weighted by Crippen LogP contribution is -2.43. The summed E-state index contributed by atoms with van der Waals surface area (Å²) in [5.41, 5.74) is 2.15. The fraction of sp³-hybridized carbons (Fsp3) is 0.450. The average Bonchev–Trinajstić information content (AvgIpc) is 3.42. The number of benzene rings is 1. The molecule has 2 aliphatic rings. The van der Waals surface area contributed by atoms with Crippen molar-refractivity contribution in [2.45, 2.75) is 44.1 Å². The maximum atomic E-state index is 11.9. The van der Waals surface area contributed by atoms with Crippen LogP contribution in [0.2, 0.25) is 5.02 Å². The molecule has 0 amide bonds. The smallest absolute Gasteiger partial charge is 0.268 e. The van der Waals surface area contributed by atoms with Gasteiger partial charge in [-0.15, -0.1) is 0 Å². The van der Waals surface area contributed by atoms with Crippen LogP contribution >= 0.6 is 11.6 Å². The van der Waals surface area contributed by atoms with Gasteiger partial charge in [-0.05, 0) is 42.7 Å². The van der Waals surface area contributed by atoms with Crippen LogP contribution in [0.15, 0.2) is 47.4 Å². The molecule has 2 heterocycles. The van der Waals surface area contributed by atoms with E-state index in [-0.39, 0.29) is 5.56 Å². The van der Waals surface area contributed by atoms with E-state index in [0.717, 1.165) is 31.0 Å². The van der Waals surface area contributed by atoms with E-state index in [1.165, 1.54) is 24.8 Å². The molecule has 0 radical (unpaired) electrons. The maximum Gasteiger partial charge on any atom is 0.268 e. The summed E-state index contributed by atoms with van der Waals surface area (Å²) >= 11 is 6.31. The van der Waals surface area contributed by atoms with Crippen LogP contribution in [0.1, 0.15) is 43.6 Å². The number of nitrogens with one attached hydrogen (secondary N) is 1. The van der Waals surface area contributed by atoms with E-state index in [9.17, 15) is 4.79 Å². The molecule has 1 aliphatic carbocycles. The first kappa shape index (κ1) is 15.8. The maximum absolute atomic E-state index is 11.9. The average molecular weight is 343 g/mol. The van der Waals surface area contributed by atoms with Crippen LogP contribution < -0.4 is 10.5 Å². The summed E-state index contributed by atoms with van der Waals surface area (Å²) < 4.78 is 0. The zero-order chi connectivity index (χ0) is 16.5. The number of hydrogen-bond donors (Lipinski definition) is 1. The van der Waals surface area contributed by atoms with Crippen molar-refractivity contribution in [2.75, 3.05) is 11.4 Å². The van der Waals surface area contributed by atoms with Crippen LogP contribution in [0.25, 0.3) is 0 Å². The number of pyridine rings is 1. The summed E-state index contributed by atoms with van der Waals surface area (Å²) in [6.45, 7) is 0.958. The van der Waals surface area contributed by atoms with Gasteiger partial charge in [0, 0.05) is 18.8 Å². The third-order valence-electron chi connectivity index (χ3n) is 5.48. The van der Waals surface area contributed by atoms with Crippen LogP contribution in [0, 0.1) is 5.92 Å². The van der Waals surface area contributed by atoms with Crippen LogP contribution in [0.3, 0.4) is 0 Å². The van der Waals surface area contributed by atoms with E-state index in [4.69, 9.17) is 11.6 Å². The van der Waals surface area contributed by atoms with Gasteiger partial charge in [0.05, 0.1) is 5.69 Å². The zero-order valence-electron chi connectivity index (χ0n) is 13.7. The molecule has 2 aromatic rings. The topological polar surface area (TPSA) is 36.1 Å². The van der Waals surface area contributed by atoms with Crippen LogP contribution in [0.5, 0.6) is 0 Å². The SMILES string of the molecule is O=c1[nH]ccc(N2CCC(c3ccccc3)CC2CC2CC2)c1Cl. The summed E-state index contributed by atoms with van der Waals surface area (Å²) in [4.78, 5) is 16.9. The molecule has 1 N–H and O–H groups in total. The number of rotatable bonds is 4. The molecule has 1 aromatic carbocycles. The molecule has 1 saturated carbocycles. The molecule has 4 rings (SSSR count). The van der Waals surface area contributed by atoms with Crippen molar-refractivity contribution in [1.82, 2.24) is 4.98 Å². The largest absolute Gasteiger partial charge is 0.367 e. The number of piperidine rings is 1. The van der Waals surface area contributed by atoms with E-state index in [2.05, 4.69) is 40.2 Å². The van der Waals surface area contributed by atoms with Gasteiger partial charge in [0.1, 0.15) is 5.02 Å². The van der Waals surface area contributed by atoms with Gasteiger partial charge in [0.25, 0.3) is 5.56 Å². The lowest BCUT2D eigenvalue weighted by molar-refractivity contribution is 0.383. The fourth-order valence-corrected chi connectivity index (χ4v) is 4.25. The Bertz CT molecular complexity index is 754. The minimum atomic E-state index is -0.190. The number of aromatic amines is 1. The van der Waals surface area contributed by atoms with Crippen molar-refractivity contribution in [3.8, 4) is 0 Å². The lowest BCUT2D eigenvalue weighted by atomic mass is 9.83. The minimum absolute atomic E-state index is 0.190. The molecule has 1 aromatic heterocycles. The summed E-state index contributed by atoms with van der Waals surface area (Å²) in [5.74, 6) is 1.46. The highest BCUT2D eigenvalue weighted by atomic mass is 35.5. The molecule has 0 spiro atoms. The van der Waals surface area contributed by atoms with Gasteiger partial charge < -0.3 is 9.88 Å². The molecule has 24 heavy (non-hydrogen) atoms. The molecule has 2 atom stereocenters. The Morgan fingerprint density at radius 2 is 1.92 bits per heavy atom. The quantitative estimate of drug-likeness (QED) is 0.882. The predicted molar refractivity (Wildman–Crippen MR) is 99.0 cm³/mol. The van der Waals surface area contributed by atoms with Gasteiger partial charge in [0.15, 0.2) is 0 Å². The second kappa shape index (κ2) is 6.64. The Kier molecular flexibility index (Phi) is 4.36. The van der Waals surface area contributed by atoms with Gasteiger partial charge >= 0.3 is 0 Å². The molecule has 4 heteroatoms. The van der Waals surface area contributed by atoms with Gasteiger partial charge in [-0.3, -0.25) is 4.79 Å². The second-order valence-electron chi connectivity index (χ2n) is 7.16. The molecular weight excluding hydrogens is 320 g/mol. The van der Waals surface area contributed by atoms with Crippen LogP contribution in [-0.2, 0) is 0 Å². The Morgan fingerprint density at radius 1 is 1.12 bits per heavy atom. The Hall–Kier alpha value is -1.74. The molecule has 126 valence electrons. The lowest BCUT2D eigenvalue weighted by Gasteiger charge is -2.41. The van der Waals surface area contributed by atoms with Gasteiger partial charge in [0.2, 0.25) is 0 Å². The molecule has 2 fully saturated rings. The van der Waals surface area contributed by atoms with Gasteiger partial charge in [-0.25, -0.2) is 0 Å². The molecule has 0 bridgehead atoms. The third kappa shape index (κ3) is 3.23. The molecule has 1 saturated heterocycles. The summed E-state index contributed by atoms with van der Waals surface area (Å²) in [6, 6.07) is 13.2. The van der Waals surface area contributed by atoms with Gasteiger partial charge in [-0.1, -0.05) is 54.8 Å². The number of nitrogens with zero attached hydrogens (tertiary/aromatic N) is 1. The standard InChI is InChI=1S/C20H23ClN2O/c21-19-18(8-10-22-20(19)24)23-11-9-16(15-4-2-1-3-5-15)13-17(23)12-14-6-7-14/h1-5,8,10,14,16-17H,6-7,9,11-13H2,(H,22,24). The number of hydrogen-bond acceptors (Lipinski definition) is 2. The highest BCUT2D eigenvalue weighted by molar-refractivity contribution is 6.33. The minimum Gasteiger partial charge on any atom is -0.367 e. The number of halogens is 1. The summed E-state index contributed by atoms with van der Waals surface area (Å²) in [6.07, 6.45) is 7.87. The predicted octanol–water partition coefficient (Wildman–Crippen LogP) is 4.58. The zero-order valence-corrected chi connectivity index (χ0v) is 14.5. The molecular formula is C20H23ClN2O. The first-order valence-electron chi connectivity index (χ1n) is 8.91. The number of aromatic nitrogens is 1. The van der Waals surface area contributed by atoms with Crippen molar-refractivity contribution in [2.24, 2.45) is 5.92 Å². The van der Waals surface area contributed by atoms with Gasteiger partial charge in [-0.2, -0.15) is 0 Å². The van der Waals surface area contributed by atoms with Crippen molar-refractivity contribution >= 4 is 17.3 Å².